The highest BCUT2D eigenvalue weighted by molar-refractivity contribution is 5.77. The van der Waals surface area contributed by atoms with E-state index >= 15 is 0 Å². The van der Waals surface area contributed by atoms with E-state index in [4.69, 9.17) is 4.74 Å². The molecule has 0 aromatic rings. The summed E-state index contributed by atoms with van der Waals surface area (Å²) in [6, 6.07) is -0.707. The lowest BCUT2D eigenvalue weighted by Crippen LogP contribution is -2.46. The molecular formula is C60H111NO5. The first-order valence-electron chi connectivity index (χ1n) is 28.9. The summed E-state index contributed by atoms with van der Waals surface area (Å²) >= 11 is 0. The highest BCUT2D eigenvalue weighted by atomic mass is 16.5. The van der Waals surface area contributed by atoms with Gasteiger partial charge in [-0.3, -0.25) is 9.59 Å². The molecule has 6 heteroatoms. The van der Waals surface area contributed by atoms with Crippen molar-refractivity contribution < 1.29 is 24.5 Å². The standard InChI is InChI=1S/C60H111NO5/c1-4-7-10-13-16-19-22-24-26-28-29-31-33-35-38-41-44-47-50-53-60(65)66-56(51-48-45-42-39-37-34-32-30-27-25-23-20-17-14-11-8-5-2)54-59(64)61-57(55-62)58(63)52-49-46-43-40-36-21-18-15-12-9-6-3/h16,19,24,26,29,31,35,38,56-58,62-63H,4-15,17-18,20-23,25,27-28,30,32-34,36-37,39-55H2,1-3H3,(H,61,64)/b19-16-,26-24-,31-29-,38-35-. The second kappa shape index (κ2) is 53.8. The Labute approximate surface area is 410 Å². The van der Waals surface area contributed by atoms with Crippen molar-refractivity contribution in [3.05, 3.63) is 48.6 Å². The molecule has 0 bridgehead atoms. The van der Waals surface area contributed by atoms with Crippen molar-refractivity contribution in [2.45, 2.75) is 315 Å². The number of aliphatic hydroxyl groups excluding tert-OH is 2. The first-order chi connectivity index (χ1) is 32.5. The minimum absolute atomic E-state index is 0.0678. The van der Waals surface area contributed by atoms with Gasteiger partial charge in [0, 0.05) is 6.42 Å². The molecule has 0 saturated carbocycles. The first kappa shape index (κ1) is 63.8. The highest BCUT2D eigenvalue weighted by Gasteiger charge is 2.24. The van der Waals surface area contributed by atoms with E-state index in [0.717, 1.165) is 77.0 Å². The maximum Gasteiger partial charge on any atom is 0.306 e. The largest absolute Gasteiger partial charge is 0.462 e. The van der Waals surface area contributed by atoms with E-state index in [-0.39, 0.29) is 24.9 Å². The van der Waals surface area contributed by atoms with Crippen LogP contribution in [0.3, 0.4) is 0 Å². The van der Waals surface area contributed by atoms with Crippen LogP contribution < -0.4 is 5.32 Å². The van der Waals surface area contributed by atoms with Crippen LogP contribution in [0.4, 0.5) is 0 Å². The average molecular weight is 927 g/mol. The molecule has 0 heterocycles. The molecule has 6 nitrogen and oxygen atoms in total. The molecule has 0 aliphatic heterocycles. The number of allylic oxidation sites excluding steroid dienone is 8. The Morgan fingerprint density at radius 2 is 0.773 bits per heavy atom. The Bertz CT molecular complexity index is 1130. The predicted molar refractivity (Wildman–Crippen MR) is 287 cm³/mol. The number of aliphatic hydroxyl groups is 2. The van der Waals surface area contributed by atoms with Crippen molar-refractivity contribution in [2.24, 2.45) is 0 Å². The fourth-order valence-corrected chi connectivity index (χ4v) is 8.77. The minimum atomic E-state index is -0.792. The molecule has 0 spiro atoms. The molecule has 386 valence electrons. The second-order valence-electron chi connectivity index (χ2n) is 19.7. The second-order valence-corrected chi connectivity index (χ2v) is 19.7. The van der Waals surface area contributed by atoms with Crippen molar-refractivity contribution in [3.8, 4) is 0 Å². The molecular weight excluding hydrogens is 815 g/mol. The van der Waals surface area contributed by atoms with Crippen LogP contribution in [0, 0.1) is 0 Å². The lowest BCUT2D eigenvalue weighted by Gasteiger charge is -2.24. The Morgan fingerprint density at radius 3 is 1.18 bits per heavy atom. The van der Waals surface area contributed by atoms with Gasteiger partial charge >= 0.3 is 5.97 Å². The van der Waals surface area contributed by atoms with Crippen molar-refractivity contribution in [2.75, 3.05) is 6.61 Å². The molecule has 0 saturated heterocycles. The number of hydrogen-bond donors (Lipinski definition) is 3. The average Bonchev–Trinajstić information content (AvgIpc) is 3.31. The maximum absolute atomic E-state index is 13.3. The van der Waals surface area contributed by atoms with Crippen LogP contribution in [0.2, 0.25) is 0 Å². The fraction of sp³-hybridized carbons (Fsp3) is 0.833. The van der Waals surface area contributed by atoms with Gasteiger partial charge in [-0.1, -0.05) is 262 Å². The van der Waals surface area contributed by atoms with Crippen LogP contribution >= 0.6 is 0 Å². The predicted octanol–water partition coefficient (Wildman–Crippen LogP) is 17.8. The third-order valence-corrected chi connectivity index (χ3v) is 13.2. The van der Waals surface area contributed by atoms with Crippen molar-refractivity contribution in [1.29, 1.82) is 0 Å². The van der Waals surface area contributed by atoms with Gasteiger partial charge < -0.3 is 20.3 Å². The number of carbonyl (C=O) groups is 2. The van der Waals surface area contributed by atoms with Gasteiger partial charge in [0.2, 0.25) is 5.91 Å². The highest BCUT2D eigenvalue weighted by Crippen LogP contribution is 2.18. The van der Waals surface area contributed by atoms with Gasteiger partial charge in [0.25, 0.3) is 0 Å². The Morgan fingerprint density at radius 1 is 0.439 bits per heavy atom. The topological polar surface area (TPSA) is 95.9 Å². The maximum atomic E-state index is 13.3. The minimum Gasteiger partial charge on any atom is -0.462 e. The van der Waals surface area contributed by atoms with Gasteiger partial charge in [0.15, 0.2) is 0 Å². The summed E-state index contributed by atoms with van der Waals surface area (Å²) in [6.07, 6.45) is 66.0. The Balaban J connectivity index is 4.59. The zero-order valence-electron chi connectivity index (χ0n) is 44.1. The molecule has 0 aromatic heterocycles. The number of rotatable bonds is 52. The van der Waals surface area contributed by atoms with E-state index in [9.17, 15) is 19.8 Å². The van der Waals surface area contributed by atoms with Gasteiger partial charge in [0.1, 0.15) is 6.10 Å². The number of carbonyl (C=O) groups excluding carboxylic acids is 2. The fourth-order valence-electron chi connectivity index (χ4n) is 8.77. The zero-order chi connectivity index (χ0) is 48.1. The lowest BCUT2D eigenvalue weighted by atomic mass is 10.0. The smallest absolute Gasteiger partial charge is 0.306 e. The summed E-state index contributed by atoms with van der Waals surface area (Å²) in [5, 5.41) is 23.8. The summed E-state index contributed by atoms with van der Waals surface area (Å²) in [4.78, 5) is 26.3. The Hall–Kier alpha value is -2.18. The molecule has 0 aliphatic carbocycles. The summed E-state index contributed by atoms with van der Waals surface area (Å²) in [7, 11) is 0. The molecule has 0 rings (SSSR count). The number of unbranched alkanes of at least 4 members (excludes halogenated alkanes) is 32. The van der Waals surface area contributed by atoms with E-state index in [0.29, 0.717) is 19.3 Å². The van der Waals surface area contributed by atoms with Crippen LogP contribution in [0.25, 0.3) is 0 Å². The van der Waals surface area contributed by atoms with Crippen LogP contribution in [-0.2, 0) is 14.3 Å². The van der Waals surface area contributed by atoms with E-state index in [2.05, 4.69) is 74.7 Å². The van der Waals surface area contributed by atoms with E-state index in [1.54, 1.807) is 0 Å². The Kier molecular flexibility index (Phi) is 52.0. The van der Waals surface area contributed by atoms with Crippen LogP contribution in [0.1, 0.15) is 297 Å². The number of amides is 1. The van der Waals surface area contributed by atoms with Crippen LogP contribution in [0.5, 0.6) is 0 Å². The molecule has 1 amide bonds. The number of esters is 1. The summed E-state index contributed by atoms with van der Waals surface area (Å²) in [5.74, 6) is -0.497. The molecule has 3 atom stereocenters. The van der Waals surface area contributed by atoms with Gasteiger partial charge in [-0.15, -0.1) is 0 Å². The van der Waals surface area contributed by atoms with Crippen molar-refractivity contribution in [3.63, 3.8) is 0 Å². The molecule has 3 unspecified atom stereocenters. The third kappa shape index (κ3) is 48.3. The molecule has 0 aliphatic rings. The van der Waals surface area contributed by atoms with Crippen molar-refractivity contribution >= 4 is 11.9 Å². The molecule has 66 heavy (non-hydrogen) atoms. The zero-order valence-corrected chi connectivity index (χ0v) is 44.1. The lowest BCUT2D eigenvalue weighted by molar-refractivity contribution is -0.151. The number of ether oxygens (including phenoxy) is 1. The van der Waals surface area contributed by atoms with Gasteiger partial charge in [-0.25, -0.2) is 0 Å². The SMILES string of the molecule is CCCCC/C=C\C/C=C\C/C=C\C/C=C\CCCCCC(=O)OC(CCCCCCCCCCCCCCCCCCC)CC(=O)NC(CO)C(O)CCCCCCCCCCCCC. The number of hydrogen-bond acceptors (Lipinski definition) is 5. The van der Waals surface area contributed by atoms with Gasteiger partial charge in [0.05, 0.1) is 25.2 Å². The quantitative estimate of drug-likeness (QED) is 0.0321. The van der Waals surface area contributed by atoms with E-state index in [1.165, 1.54) is 173 Å². The van der Waals surface area contributed by atoms with E-state index < -0.39 is 18.2 Å². The monoisotopic (exact) mass is 926 g/mol. The van der Waals surface area contributed by atoms with E-state index in [1.807, 2.05) is 0 Å². The summed E-state index contributed by atoms with van der Waals surface area (Å²) < 4.78 is 5.95. The normalized spacial score (nSPS) is 13.5. The van der Waals surface area contributed by atoms with Gasteiger partial charge in [-0.2, -0.15) is 0 Å². The summed E-state index contributed by atoms with van der Waals surface area (Å²) in [5.41, 5.74) is 0. The molecule has 0 aromatic carbocycles. The van der Waals surface area contributed by atoms with Crippen molar-refractivity contribution in [1.82, 2.24) is 5.32 Å². The number of nitrogens with one attached hydrogen (secondary N) is 1. The third-order valence-electron chi connectivity index (χ3n) is 13.2. The molecule has 3 N–H and O–H groups in total. The van der Waals surface area contributed by atoms with Gasteiger partial charge in [-0.05, 0) is 70.6 Å². The van der Waals surface area contributed by atoms with Crippen LogP contribution in [-0.4, -0.2) is 46.9 Å². The molecule has 0 fully saturated rings. The molecule has 0 radical (unpaired) electrons. The van der Waals surface area contributed by atoms with Crippen LogP contribution in [0.15, 0.2) is 48.6 Å². The first-order valence-corrected chi connectivity index (χ1v) is 28.9. The summed E-state index contributed by atoms with van der Waals surface area (Å²) in [6.45, 7) is 6.47.